The first-order valence-electron chi connectivity index (χ1n) is 5.59. The highest BCUT2D eigenvalue weighted by molar-refractivity contribution is 7.94. The molecule has 0 atom stereocenters. The molecule has 0 amide bonds. The van der Waals surface area contributed by atoms with Crippen LogP contribution in [0.2, 0.25) is 0 Å². The van der Waals surface area contributed by atoms with Crippen LogP contribution in [0.3, 0.4) is 0 Å². The van der Waals surface area contributed by atoms with Gasteiger partial charge in [-0.05, 0) is 31.0 Å². The zero-order valence-electron chi connectivity index (χ0n) is 10.7. The van der Waals surface area contributed by atoms with Gasteiger partial charge in [0, 0.05) is 10.3 Å². The zero-order chi connectivity index (χ0) is 13.1. The molecule has 2 heteroatoms. The summed E-state index contributed by atoms with van der Waals surface area (Å²) in [5.41, 5.74) is 3.33. The van der Waals surface area contributed by atoms with Crippen molar-refractivity contribution in [3.8, 4) is 0 Å². The first-order chi connectivity index (χ1) is 7.87. The summed E-state index contributed by atoms with van der Waals surface area (Å²) in [5, 5.41) is 0. The summed E-state index contributed by atoms with van der Waals surface area (Å²) in [6.45, 7) is 14.4. The van der Waals surface area contributed by atoms with Crippen LogP contribution in [0.4, 0.5) is 3.89 Å². The van der Waals surface area contributed by atoms with Crippen LogP contribution in [-0.4, -0.2) is 0 Å². The van der Waals surface area contributed by atoms with Crippen molar-refractivity contribution < 1.29 is 3.89 Å². The molecule has 1 aromatic rings. The molecule has 0 bridgehead atoms. The normalized spacial score (nSPS) is 11.3. The van der Waals surface area contributed by atoms with Gasteiger partial charge in [-0.2, -0.15) is 3.89 Å². The lowest BCUT2D eigenvalue weighted by atomic mass is 9.77. The number of benzene rings is 1. The summed E-state index contributed by atoms with van der Waals surface area (Å²) in [6.07, 6.45) is 0.803. The van der Waals surface area contributed by atoms with Crippen LogP contribution in [0.5, 0.6) is 0 Å². The topological polar surface area (TPSA) is 0 Å². The second-order valence-electron chi connectivity index (χ2n) is 4.91. The van der Waals surface area contributed by atoms with Crippen LogP contribution in [-0.2, 0) is 6.42 Å². The van der Waals surface area contributed by atoms with Crippen LogP contribution in [0.1, 0.15) is 26.3 Å². The Labute approximate surface area is 108 Å². The third-order valence-electron chi connectivity index (χ3n) is 3.38. The van der Waals surface area contributed by atoms with E-state index in [0.717, 1.165) is 23.1 Å². The highest BCUT2D eigenvalue weighted by atomic mass is 32.2. The van der Waals surface area contributed by atoms with Crippen LogP contribution >= 0.6 is 12.1 Å². The van der Waals surface area contributed by atoms with Crippen molar-refractivity contribution in [1.29, 1.82) is 0 Å². The summed E-state index contributed by atoms with van der Waals surface area (Å²) >= 11 is 0.270. The summed E-state index contributed by atoms with van der Waals surface area (Å²) in [5.74, 6) is 0. The minimum absolute atomic E-state index is 0.0620. The quantitative estimate of drug-likeness (QED) is 0.633. The smallest absolute Gasteiger partial charge is 0.0812 e. The molecule has 1 aromatic carbocycles. The Hall–Kier alpha value is -1.02. The van der Waals surface area contributed by atoms with Crippen molar-refractivity contribution in [2.45, 2.75) is 32.1 Å². The molecule has 0 saturated carbocycles. The molecule has 0 aliphatic rings. The van der Waals surface area contributed by atoms with E-state index in [1.54, 1.807) is 12.1 Å². The Morgan fingerprint density at radius 1 is 1.24 bits per heavy atom. The third kappa shape index (κ3) is 3.47. The minimum atomic E-state index is -0.0620. The predicted octanol–water partition coefficient (Wildman–Crippen LogP) is 5.36. The molecule has 0 nitrogen and oxygen atoms in total. The SMILES string of the molecule is C=C(C)C(C)(C)C(=C)Cc1ccc(SF)cc1. The number of hydrogen-bond donors (Lipinski definition) is 0. The molecule has 0 radical (unpaired) electrons. The Morgan fingerprint density at radius 2 is 1.76 bits per heavy atom. The van der Waals surface area contributed by atoms with E-state index >= 15 is 0 Å². The highest BCUT2D eigenvalue weighted by Gasteiger charge is 2.22. The lowest BCUT2D eigenvalue weighted by molar-refractivity contribution is 0.529. The maximum atomic E-state index is 12.3. The van der Waals surface area contributed by atoms with Crippen molar-refractivity contribution in [1.82, 2.24) is 0 Å². The fraction of sp³-hybridized carbons (Fsp3) is 0.333. The molecule has 1 rings (SSSR count). The summed E-state index contributed by atoms with van der Waals surface area (Å²) < 4.78 is 12.3. The Kier molecular flexibility index (Phi) is 4.58. The van der Waals surface area contributed by atoms with Gasteiger partial charge >= 0.3 is 0 Å². The van der Waals surface area contributed by atoms with Gasteiger partial charge < -0.3 is 0 Å². The Balaban J connectivity index is 2.77. The van der Waals surface area contributed by atoms with Gasteiger partial charge in [-0.1, -0.05) is 50.3 Å². The van der Waals surface area contributed by atoms with Gasteiger partial charge in [0.15, 0.2) is 0 Å². The maximum absolute atomic E-state index is 12.3. The number of halogens is 1. The van der Waals surface area contributed by atoms with E-state index in [2.05, 4.69) is 27.0 Å². The lowest BCUT2D eigenvalue weighted by Gasteiger charge is -2.28. The predicted molar refractivity (Wildman–Crippen MR) is 74.8 cm³/mol. The standard InChI is InChI=1S/C15H19FS/c1-11(2)15(4,5)12(3)10-13-6-8-14(17-16)9-7-13/h6-9H,1,3,10H2,2,4-5H3. The molecule has 0 unspecified atom stereocenters. The van der Waals surface area contributed by atoms with E-state index in [1.807, 2.05) is 19.1 Å². The molecular formula is C15H19FS. The van der Waals surface area contributed by atoms with Crippen molar-refractivity contribution in [2.75, 3.05) is 0 Å². The van der Waals surface area contributed by atoms with Gasteiger partial charge in [-0.3, -0.25) is 0 Å². The van der Waals surface area contributed by atoms with Crippen molar-refractivity contribution >= 4 is 12.1 Å². The van der Waals surface area contributed by atoms with E-state index in [9.17, 15) is 3.89 Å². The van der Waals surface area contributed by atoms with Gasteiger partial charge in [0.25, 0.3) is 0 Å². The molecule has 0 aliphatic carbocycles. The highest BCUT2D eigenvalue weighted by Crippen LogP contribution is 2.34. The van der Waals surface area contributed by atoms with E-state index in [4.69, 9.17) is 0 Å². The maximum Gasteiger partial charge on any atom is 0.0812 e. The molecule has 0 N–H and O–H groups in total. The molecule has 0 heterocycles. The van der Waals surface area contributed by atoms with Gasteiger partial charge in [0.2, 0.25) is 0 Å². The Bertz CT molecular complexity index is 415. The van der Waals surface area contributed by atoms with Gasteiger partial charge in [0.1, 0.15) is 0 Å². The van der Waals surface area contributed by atoms with Crippen molar-refractivity contribution in [3.05, 3.63) is 54.1 Å². The van der Waals surface area contributed by atoms with Crippen LogP contribution in [0.25, 0.3) is 0 Å². The van der Waals surface area contributed by atoms with Gasteiger partial charge in [-0.25, -0.2) is 0 Å². The van der Waals surface area contributed by atoms with E-state index in [0.29, 0.717) is 4.90 Å². The first kappa shape index (κ1) is 14.0. The minimum Gasteiger partial charge on any atom is -0.160 e. The molecule has 0 aromatic heterocycles. The second kappa shape index (κ2) is 5.54. The van der Waals surface area contributed by atoms with E-state index < -0.39 is 0 Å². The lowest BCUT2D eigenvalue weighted by Crippen LogP contribution is -2.16. The van der Waals surface area contributed by atoms with Crippen molar-refractivity contribution in [3.63, 3.8) is 0 Å². The summed E-state index contributed by atoms with van der Waals surface area (Å²) in [7, 11) is 0. The van der Waals surface area contributed by atoms with E-state index in [-0.39, 0.29) is 17.6 Å². The largest absolute Gasteiger partial charge is 0.160 e. The van der Waals surface area contributed by atoms with Crippen LogP contribution in [0.15, 0.2) is 53.5 Å². The van der Waals surface area contributed by atoms with Crippen LogP contribution < -0.4 is 0 Å². The first-order valence-corrected chi connectivity index (χ1v) is 6.31. The van der Waals surface area contributed by atoms with Gasteiger partial charge in [-0.15, -0.1) is 0 Å². The Morgan fingerprint density at radius 3 is 2.18 bits per heavy atom. The molecule has 92 valence electrons. The molecule has 0 fully saturated rings. The van der Waals surface area contributed by atoms with E-state index in [1.165, 1.54) is 0 Å². The monoisotopic (exact) mass is 250 g/mol. The number of rotatable bonds is 5. The third-order valence-corrected chi connectivity index (χ3v) is 3.83. The molecular weight excluding hydrogens is 231 g/mol. The van der Waals surface area contributed by atoms with Crippen LogP contribution in [0, 0.1) is 5.41 Å². The summed E-state index contributed by atoms with van der Waals surface area (Å²) in [4.78, 5) is 0.638. The molecule has 17 heavy (non-hydrogen) atoms. The van der Waals surface area contributed by atoms with Gasteiger partial charge in [0.05, 0.1) is 12.1 Å². The fourth-order valence-corrected chi connectivity index (χ4v) is 1.67. The zero-order valence-corrected chi connectivity index (χ0v) is 11.5. The fourth-order valence-electron chi connectivity index (χ4n) is 1.43. The molecule has 0 saturated heterocycles. The number of hydrogen-bond acceptors (Lipinski definition) is 1. The average molecular weight is 250 g/mol. The average Bonchev–Trinajstić information content (AvgIpc) is 2.29. The molecule has 0 spiro atoms. The number of allylic oxidation sites excluding steroid dienone is 2. The molecule has 0 aliphatic heterocycles. The van der Waals surface area contributed by atoms with Crippen molar-refractivity contribution in [2.24, 2.45) is 5.41 Å². The second-order valence-corrected chi connectivity index (χ2v) is 5.53. The summed E-state index contributed by atoms with van der Waals surface area (Å²) in [6, 6.07) is 7.48.